The van der Waals surface area contributed by atoms with Crippen LogP contribution in [0.4, 0.5) is 0 Å². The van der Waals surface area contributed by atoms with Crippen molar-refractivity contribution in [2.24, 2.45) is 23.3 Å². The highest BCUT2D eigenvalue weighted by atomic mass is 31.1. The van der Waals surface area contributed by atoms with E-state index in [0.29, 0.717) is 24.7 Å². The van der Waals surface area contributed by atoms with Crippen molar-refractivity contribution in [3.63, 3.8) is 0 Å². The summed E-state index contributed by atoms with van der Waals surface area (Å²) in [6.07, 6.45) is 10.3. The molecule has 6 N–H and O–H groups in total. The molecule has 154 valence electrons. The van der Waals surface area contributed by atoms with Crippen molar-refractivity contribution < 1.29 is 23.8 Å². The van der Waals surface area contributed by atoms with E-state index >= 15 is 0 Å². The first kappa shape index (κ1) is 22.3. The zero-order valence-corrected chi connectivity index (χ0v) is 16.7. The minimum Gasteiger partial charge on any atom is -0.366 e. The fourth-order valence-electron chi connectivity index (χ4n) is 4.25. The number of rotatable bonds is 10. The van der Waals surface area contributed by atoms with Gasteiger partial charge < -0.3 is 21.7 Å². The van der Waals surface area contributed by atoms with E-state index in [1.807, 2.05) is 0 Å². The molecule has 2 aliphatic rings. The summed E-state index contributed by atoms with van der Waals surface area (Å²) in [7, 11) is -3.07. The van der Waals surface area contributed by atoms with Crippen molar-refractivity contribution in [3.05, 3.63) is 0 Å². The summed E-state index contributed by atoms with van der Waals surface area (Å²) in [6.45, 7) is 0. The lowest BCUT2D eigenvalue weighted by molar-refractivity contribution is -0.0803. The van der Waals surface area contributed by atoms with Crippen LogP contribution in [0.2, 0.25) is 0 Å². The van der Waals surface area contributed by atoms with Crippen molar-refractivity contribution in [2.45, 2.75) is 102 Å². The maximum atomic E-state index is 12.0. The lowest BCUT2D eigenvalue weighted by Crippen LogP contribution is -2.39. The summed E-state index contributed by atoms with van der Waals surface area (Å²) in [5.74, 6) is 0.962. The first-order valence-corrected chi connectivity index (χ1v) is 11.4. The second kappa shape index (κ2) is 11.7. The van der Waals surface area contributed by atoms with Crippen molar-refractivity contribution >= 4 is 8.25 Å². The van der Waals surface area contributed by atoms with Gasteiger partial charge in [0.1, 0.15) is 0 Å². The van der Waals surface area contributed by atoms with Gasteiger partial charge in [-0.3, -0.25) is 13.6 Å². The van der Waals surface area contributed by atoms with E-state index in [0.717, 1.165) is 25.7 Å². The molecule has 0 heterocycles. The highest BCUT2D eigenvalue weighted by Crippen LogP contribution is 2.33. The lowest BCUT2D eigenvalue weighted by atomic mass is 9.85. The van der Waals surface area contributed by atoms with Gasteiger partial charge in [-0.05, 0) is 24.7 Å². The highest BCUT2D eigenvalue weighted by Gasteiger charge is 2.27. The Balaban J connectivity index is 1.66. The summed E-state index contributed by atoms with van der Waals surface area (Å²) in [5, 5.41) is 20.0. The molecule has 4 atom stereocenters. The van der Waals surface area contributed by atoms with E-state index < -0.39 is 32.9 Å². The molecule has 0 radical (unpaired) electrons. The predicted octanol–water partition coefficient (Wildman–Crippen LogP) is 2.64. The number of nitrogens with two attached hydrogens (primary N) is 2. The number of aliphatic hydroxyl groups excluding tert-OH is 2. The van der Waals surface area contributed by atoms with Crippen LogP contribution in [-0.2, 0) is 13.6 Å². The summed E-state index contributed by atoms with van der Waals surface area (Å²) in [6, 6.07) is -1.22. The Morgan fingerprint density at radius 2 is 1.12 bits per heavy atom. The Morgan fingerprint density at radius 3 is 1.46 bits per heavy atom. The van der Waals surface area contributed by atoms with Gasteiger partial charge in [0.2, 0.25) is 0 Å². The maximum Gasteiger partial charge on any atom is 0.323 e. The van der Waals surface area contributed by atoms with Gasteiger partial charge in [-0.1, -0.05) is 64.2 Å². The van der Waals surface area contributed by atoms with Gasteiger partial charge >= 0.3 is 8.25 Å². The Kier molecular flexibility index (Phi) is 10.1. The van der Waals surface area contributed by atoms with Gasteiger partial charge in [0, 0.05) is 0 Å². The van der Waals surface area contributed by atoms with Gasteiger partial charge in [-0.15, -0.1) is 0 Å². The number of hydrogen-bond acceptors (Lipinski definition) is 7. The van der Waals surface area contributed by atoms with E-state index in [4.69, 9.17) is 20.5 Å². The average molecular weight is 392 g/mol. The van der Waals surface area contributed by atoms with Crippen LogP contribution in [0.1, 0.15) is 77.0 Å². The van der Waals surface area contributed by atoms with Crippen LogP contribution in [0, 0.1) is 11.8 Å². The Bertz CT molecular complexity index is 380. The molecule has 7 nitrogen and oxygen atoms in total. The van der Waals surface area contributed by atoms with Gasteiger partial charge in [0.25, 0.3) is 0 Å². The number of hydrogen-bond donors (Lipinski definition) is 4. The van der Waals surface area contributed by atoms with E-state index in [-0.39, 0.29) is 0 Å². The van der Waals surface area contributed by atoms with Crippen LogP contribution < -0.4 is 11.5 Å². The van der Waals surface area contributed by atoms with Crippen LogP contribution in [0.5, 0.6) is 0 Å². The van der Waals surface area contributed by atoms with E-state index in [1.54, 1.807) is 0 Å². The zero-order chi connectivity index (χ0) is 18.9. The first-order chi connectivity index (χ1) is 12.5. The third kappa shape index (κ3) is 7.93. The SMILES string of the molecule is N[C@@H](CC1CCCCC1)C(O)O[PH](=O)OC(O)[C@@H](N)CC1CCCCC1. The van der Waals surface area contributed by atoms with Crippen LogP contribution in [0.15, 0.2) is 0 Å². The summed E-state index contributed by atoms with van der Waals surface area (Å²) in [5.41, 5.74) is 11.9. The predicted molar refractivity (Wildman–Crippen MR) is 102 cm³/mol. The number of aliphatic hydroxyl groups is 2. The molecule has 0 saturated heterocycles. The second-order valence-electron chi connectivity index (χ2n) is 8.07. The maximum absolute atomic E-state index is 12.0. The molecule has 2 saturated carbocycles. The average Bonchev–Trinajstić information content (AvgIpc) is 2.63. The molecule has 26 heavy (non-hydrogen) atoms. The van der Waals surface area contributed by atoms with Crippen LogP contribution in [-0.4, -0.2) is 34.9 Å². The molecule has 2 unspecified atom stereocenters. The standard InChI is InChI=1S/C18H37N2O5P/c19-15(11-13-7-3-1-4-8-13)17(21)24-26(23)25-18(22)16(20)12-14-9-5-2-6-10-14/h13-18,21-22,26H,1-12,19-20H2/t15-,16-,17?,18?/m0/s1. The van der Waals surface area contributed by atoms with Gasteiger partial charge in [-0.25, -0.2) is 0 Å². The van der Waals surface area contributed by atoms with Gasteiger partial charge in [0.05, 0.1) is 12.1 Å². The fourth-order valence-corrected chi connectivity index (χ4v) is 5.05. The highest BCUT2D eigenvalue weighted by molar-refractivity contribution is 7.33. The smallest absolute Gasteiger partial charge is 0.323 e. The molecule has 0 spiro atoms. The molecule has 0 amide bonds. The first-order valence-electron chi connectivity index (χ1n) is 10.2. The lowest BCUT2D eigenvalue weighted by Gasteiger charge is -2.28. The molecule has 0 aromatic rings. The molecule has 0 bridgehead atoms. The molecule has 2 aliphatic carbocycles. The third-order valence-electron chi connectivity index (χ3n) is 5.83. The molecule has 0 aromatic heterocycles. The Labute approximate surface area is 157 Å². The van der Waals surface area contributed by atoms with Gasteiger partial charge in [0.15, 0.2) is 12.6 Å². The minimum atomic E-state index is -3.07. The summed E-state index contributed by atoms with van der Waals surface area (Å²) in [4.78, 5) is 0. The Morgan fingerprint density at radius 1 is 0.769 bits per heavy atom. The third-order valence-corrected chi connectivity index (χ3v) is 6.69. The van der Waals surface area contributed by atoms with Crippen LogP contribution in [0.3, 0.4) is 0 Å². The quantitative estimate of drug-likeness (QED) is 0.332. The van der Waals surface area contributed by atoms with Crippen molar-refractivity contribution in [2.75, 3.05) is 0 Å². The van der Waals surface area contributed by atoms with Crippen molar-refractivity contribution in [1.82, 2.24) is 0 Å². The van der Waals surface area contributed by atoms with Crippen LogP contribution >= 0.6 is 8.25 Å². The molecular weight excluding hydrogens is 355 g/mol. The van der Waals surface area contributed by atoms with Crippen molar-refractivity contribution in [1.29, 1.82) is 0 Å². The van der Waals surface area contributed by atoms with E-state index in [1.165, 1.54) is 38.5 Å². The molecule has 2 fully saturated rings. The van der Waals surface area contributed by atoms with Gasteiger partial charge in [-0.2, -0.15) is 0 Å². The molecular formula is C18H37N2O5P. The van der Waals surface area contributed by atoms with E-state index in [9.17, 15) is 14.8 Å². The molecule has 8 heteroatoms. The minimum absolute atomic E-state index is 0.481. The Hall–Kier alpha value is -0.0100. The van der Waals surface area contributed by atoms with E-state index in [2.05, 4.69) is 0 Å². The topological polar surface area (TPSA) is 128 Å². The molecule has 0 aliphatic heterocycles. The summed E-state index contributed by atoms with van der Waals surface area (Å²) >= 11 is 0. The largest absolute Gasteiger partial charge is 0.366 e. The van der Waals surface area contributed by atoms with Crippen molar-refractivity contribution in [3.8, 4) is 0 Å². The summed E-state index contributed by atoms with van der Waals surface area (Å²) < 4.78 is 22.0. The fraction of sp³-hybridized carbons (Fsp3) is 1.00. The second-order valence-corrected chi connectivity index (χ2v) is 9.05. The van der Waals surface area contributed by atoms with Crippen LogP contribution in [0.25, 0.3) is 0 Å². The zero-order valence-electron chi connectivity index (χ0n) is 15.7. The molecule has 2 rings (SSSR count). The normalized spacial score (nSPS) is 26.2. The molecule has 0 aromatic carbocycles. The monoisotopic (exact) mass is 392 g/mol.